The average molecular weight is 298 g/mol. The van der Waals surface area contributed by atoms with Crippen LogP contribution in [0.4, 0.5) is 4.79 Å². The van der Waals surface area contributed by atoms with Crippen LogP contribution < -0.4 is 0 Å². The van der Waals surface area contributed by atoms with Gasteiger partial charge in [0.15, 0.2) is 0 Å². The topological polar surface area (TPSA) is 60.9 Å². The van der Waals surface area contributed by atoms with Crippen LogP contribution in [0.25, 0.3) is 0 Å². The normalized spacial score (nSPS) is 19.1. The van der Waals surface area contributed by atoms with Crippen molar-refractivity contribution in [1.82, 2.24) is 9.80 Å². The Morgan fingerprint density at radius 3 is 2.24 bits per heavy atom. The van der Waals surface area contributed by atoms with Crippen molar-refractivity contribution in [2.75, 3.05) is 26.2 Å². The number of carboxylic acid groups (broad SMARTS) is 1. The molecule has 5 nitrogen and oxygen atoms in total. The van der Waals surface area contributed by atoms with Crippen molar-refractivity contribution in [2.45, 2.75) is 47.0 Å². The SMILES string of the molecule is CC(C)CN(CC(C)C)C(=O)N1CCCC(CC(=O)O)C1. The van der Waals surface area contributed by atoms with Crippen molar-refractivity contribution in [3.8, 4) is 0 Å². The minimum atomic E-state index is -0.768. The molecule has 5 heteroatoms. The summed E-state index contributed by atoms with van der Waals surface area (Å²) in [7, 11) is 0. The lowest BCUT2D eigenvalue weighted by Gasteiger charge is -2.37. The molecule has 1 aliphatic rings. The van der Waals surface area contributed by atoms with Crippen LogP contribution in [0.3, 0.4) is 0 Å². The third kappa shape index (κ3) is 6.36. The smallest absolute Gasteiger partial charge is 0.320 e. The largest absolute Gasteiger partial charge is 0.481 e. The second-order valence-corrected chi connectivity index (χ2v) is 7.03. The fourth-order valence-corrected chi connectivity index (χ4v) is 2.96. The average Bonchev–Trinajstić information content (AvgIpc) is 2.35. The molecule has 2 amide bonds. The van der Waals surface area contributed by atoms with E-state index in [1.165, 1.54) is 0 Å². The molecule has 0 spiro atoms. The molecule has 1 heterocycles. The monoisotopic (exact) mass is 298 g/mol. The first kappa shape index (κ1) is 17.8. The maximum atomic E-state index is 12.7. The van der Waals surface area contributed by atoms with Gasteiger partial charge >= 0.3 is 12.0 Å². The zero-order valence-corrected chi connectivity index (χ0v) is 13.8. The number of carbonyl (C=O) groups is 2. The lowest BCUT2D eigenvalue weighted by molar-refractivity contribution is -0.138. The molecule has 1 unspecified atom stereocenters. The number of nitrogens with zero attached hydrogens (tertiary/aromatic N) is 2. The Labute approximate surface area is 128 Å². The maximum absolute atomic E-state index is 12.7. The lowest BCUT2D eigenvalue weighted by atomic mass is 9.95. The summed E-state index contributed by atoms with van der Waals surface area (Å²) in [6.07, 6.45) is 1.98. The molecule has 21 heavy (non-hydrogen) atoms. The molecule has 0 aromatic heterocycles. The van der Waals surface area contributed by atoms with Crippen LogP contribution in [0.15, 0.2) is 0 Å². The van der Waals surface area contributed by atoms with Crippen molar-refractivity contribution in [2.24, 2.45) is 17.8 Å². The van der Waals surface area contributed by atoms with E-state index in [4.69, 9.17) is 5.11 Å². The molecule has 0 saturated carbocycles. The van der Waals surface area contributed by atoms with Gasteiger partial charge in [0.2, 0.25) is 0 Å². The third-order valence-corrected chi connectivity index (χ3v) is 3.69. The molecule has 1 saturated heterocycles. The molecule has 1 rings (SSSR count). The molecule has 122 valence electrons. The van der Waals surface area contributed by atoms with E-state index in [2.05, 4.69) is 27.7 Å². The summed E-state index contributed by atoms with van der Waals surface area (Å²) in [5.74, 6) is 0.204. The lowest BCUT2D eigenvalue weighted by Crippen LogP contribution is -2.49. The van der Waals surface area contributed by atoms with Gasteiger partial charge in [-0.2, -0.15) is 0 Å². The first-order chi connectivity index (χ1) is 9.79. The van der Waals surface area contributed by atoms with E-state index in [-0.39, 0.29) is 18.4 Å². The van der Waals surface area contributed by atoms with Crippen LogP contribution in [0.1, 0.15) is 47.0 Å². The summed E-state index contributed by atoms with van der Waals surface area (Å²) in [6, 6.07) is 0.0764. The van der Waals surface area contributed by atoms with Gasteiger partial charge in [-0.25, -0.2) is 4.79 Å². The van der Waals surface area contributed by atoms with Crippen molar-refractivity contribution < 1.29 is 14.7 Å². The van der Waals surface area contributed by atoms with Crippen LogP contribution in [-0.2, 0) is 4.79 Å². The van der Waals surface area contributed by atoms with Crippen LogP contribution >= 0.6 is 0 Å². The second kappa shape index (κ2) is 8.25. The molecule has 1 aliphatic heterocycles. The number of amides is 2. The number of carbonyl (C=O) groups excluding carboxylic acids is 1. The highest BCUT2D eigenvalue weighted by Gasteiger charge is 2.28. The number of aliphatic carboxylic acids is 1. The van der Waals surface area contributed by atoms with Gasteiger partial charge in [-0.3, -0.25) is 4.79 Å². The van der Waals surface area contributed by atoms with Crippen LogP contribution in [0.5, 0.6) is 0 Å². The van der Waals surface area contributed by atoms with E-state index < -0.39 is 5.97 Å². The van der Waals surface area contributed by atoms with Gasteiger partial charge in [0, 0.05) is 32.6 Å². The van der Waals surface area contributed by atoms with Crippen LogP contribution in [-0.4, -0.2) is 53.1 Å². The molecule has 0 aliphatic carbocycles. The van der Waals surface area contributed by atoms with Crippen molar-refractivity contribution in [3.63, 3.8) is 0 Å². The first-order valence-corrected chi connectivity index (χ1v) is 8.05. The number of piperidine rings is 1. The molecule has 0 radical (unpaired) electrons. The van der Waals surface area contributed by atoms with E-state index in [9.17, 15) is 9.59 Å². The van der Waals surface area contributed by atoms with Gasteiger partial charge in [0.05, 0.1) is 0 Å². The Hall–Kier alpha value is -1.26. The Kier molecular flexibility index (Phi) is 6.99. The van der Waals surface area contributed by atoms with Gasteiger partial charge in [-0.05, 0) is 30.6 Å². The maximum Gasteiger partial charge on any atom is 0.320 e. The Balaban J connectivity index is 2.66. The Bertz CT molecular complexity index is 345. The van der Waals surface area contributed by atoms with Gasteiger partial charge in [-0.15, -0.1) is 0 Å². The number of likely N-dealkylation sites (tertiary alicyclic amines) is 1. The number of carboxylic acids is 1. The summed E-state index contributed by atoms with van der Waals surface area (Å²) >= 11 is 0. The molecule has 0 bridgehead atoms. The van der Waals surface area contributed by atoms with Gasteiger partial charge in [0.1, 0.15) is 0 Å². The summed E-state index contributed by atoms with van der Waals surface area (Å²) in [5, 5.41) is 8.92. The van der Waals surface area contributed by atoms with Crippen molar-refractivity contribution in [3.05, 3.63) is 0 Å². The first-order valence-electron chi connectivity index (χ1n) is 8.05. The number of hydrogen-bond donors (Lipinski definition) is 1. The predicted octanol–water partition coefficient (Wildman–Crippen LogP) is 2.91. The van der Waals surface area contributed by atoms with Gasteiger partial charge in [0.25, 0.3) is 0 Å². The van der Waals surface area contributed by atoms with E-state index in [0.29, 0.717) is 18.4 Å². The Morgan fingerprint density at radius 1 is 1.19 bits per heavy atom. The molecule has 1 fully saturated rings. The minimum absolute atomic E-state index is 0.0764. The quantitative estimate of drug-likeness (QED) is 0.820. The van der Waals surface area contributed by atoms with Gasteiger partial charge < -0.3 is 14.9 Å². The molecule has 1 atom stereocenters. The number of hydrogen-bond acceptors (Lipinski definition) is 2. The zero-order chi connectivity index (χ0) is 16.0. The standard InChI is InChI=1S/C16H30N2O3/c1-12(2)9-18(10-13(3)4)16(21)17-7-5-6-14(11-17)8-15(19)20/h12-14H,5-11H2,1-4H3,(H,19,20). The van der Waals surface area contributed by atoms with Crippen LogP contribution in [0, 0.1) is 17.8 Å². The van der Waals surface area contributed by atoms with Crippen molar-refractivity contribution >= 4 is 12.0 Å². The van der Waals surface area contributed by atoms with Crippen molar-refractivity contribution in [1.29, 1.82) is 0 Å². The van der Waals surface area contributed by atoms with E-state index in [1.54, 1.807) is 0 Å². The molecular weight excluding hydrogens is 268 g/mol. The molecule has 0 aromatic carbocycles. The molecule has 0 aromatic rings. The third-order valence-electron chi connectivity index (χ3n) is 3.69. The van der Waals surface area contributed by atoms with Crippen LogP contribution in [0.2, 0.25) is 0 Å². The van der Waals surface area contributed by atoms with E-state index in [1.807, 2.05) is 9.80 Å². The Morgan fingerprint density at radius 2 is 1.76 bits per heavy atom. The number of urea groups is 1. The number of rotatable bonds is 6. The molecular formula is C16H30N2O3. The zero-order valence-electron chi connectivity index (χ0n) is 13.8. The highest BCUT2D eigenvalue weighted by atomic mass is 16.4. The summed E-state index contributed by atoms with van der Waals surface area (Å²) in [6.45, 7) is 11.3. The summed E-state index contributed by atoms with van der Waals surface area (Å²) in [4.78, 5) is 27.3. The highest BCUT2D eigenvalue weighted by molar-refractivity contribution is 5.75. The highest BCUT2D eigenvalue weighted by Crippen LogP contribution is 2.21. The second-order valence-electron chi connectivity index (χ2n) is 7.03. The van der Waals surface area contributed by atoms with E-state index >= 15 is 0 Å². The predicted molar refractivity (Wildman–Crippen MR) is 83.2 cm³/mol. The summed E-state index contributed by atoms with van der Waals surface area (Å²) in [5.41, 5.74) is 0. The molecule has 1 N–H and O–H groups in total. The summed E-state index contributed by atoms with van der Waals surface area (Å²) < 4.78 is 0. The minimum Gasteiger partial charge on any atom is -0.481 e. The fourth-order valence-electron chi connectivity index (χ4n) is 2.96. The van der Waals surface area contributed by atoms with E-state index in [0.717, 1.165) is 32.5 Å². The van der Waals surface area contributed by atoms with Gasteiger partial charge in [-0.1, -0.05) is 27.7 Å². The fraction of sp³-hybridized carbons (Fsp3) is 0.875.